The first kappa shape index (κ1) is 13.7. The van der Waals surface area contributed by atoms with E-state index in [0.717, 1.165) is 15.9 Å². The van der Waals surface area contributed by atoms with Crippen molar-refractivity contribution < 1.29 is 4.74 Å². The van der Waals surface area contributed by atoms with Crippen LogP contribution >= 0.6 is 15.9 Å². The number of benzene rings is 1. The molecule has 1 aliphatic carbocycles. The number of halogens is 1. The predicted octanol–water partition coefficient (Wildman–Crippen LogP) is 4.73. The van der Waals surface area contributed by atoms with Gasteiger partial charge in [0.15, 0.2) is 0 Å². The highest BCUT2D eigenvalue weighted by Gasteiger charge is 2.16. The Morgan fingerprint density at radius 1 is 1.15 bits per heavy atom. The van der Waals surface area contributed by atoms with Crippen molar-refractivity contribution in [1.82, 2.24) is 9.78 Å². The van der Waals surface area contributed by atoms with E-state index in [0.29, 0.717) is 12.6 Å². The SMILES string of the molecule is Brc1ccccc1OCc1ccn(C2CCCCC2)n1. The number of hydrogen-bond donors (Lipinski definition) is 0. The lowest BCUT2D eigenvalue weighted by atomic mass is 9.96. The number of ether oxygens (including phenoxy) is 1. The van der Waals surface area contributed by atoms with E-state index in [9.17, 15) is 0 Å². The number of hydrogen-bond acceptors (Lipinski definition) is 2. The zero-order chi connectivity index (χ0) is 13.8. The quantitative estimate of drug-likeness (QED) is 0.808. The lowest BCUT2D eigenvalue weighted by Crippen LogP contribution is -2.13. The molecule has 3 rings (SSSR count). The Kier molecular flexibility index (Phi) is 4.41. The number of aromatic nitrogens is 2. The van der Waals surface area contributed by atoms with Crippen LogP contribution in [0.3, 0.4) is 0 Å². The average molecular weight is 335 g/mol. The summed E-state index contributed by atoms with van der Waals surface area (Å²) in [6.07, 6.45) is 8.63. The number of nitrogens with zero attached hydrogens (tertiary/aromatic N) is 2. The van der Waals surface area contributed by atoms with Gasteiger partial charge < -0.3 is 4.74 Å². The van der Waals surface area contributed by atoms with Gasteiger partial charge in [-0.25, -0.2) is 0 Å². The Morgan fingerprint density at radius 2 is 1.95 bits per heavy atom. The summed E-state index contributed by atoms with van der Waals surface area (Å²) in [7, 11) is 0. The predicted molar refractivity (Wildman–Crippen MR) is 82.8 cm³/mol. The van der Waals surface area contributed by atoms with Gasteiger partial charge in [0.25, 0.3) is 0 Å². The van der Waals surface area contributed by atoms with Crippen LogP contribution in [0.5, 0.6) is 5.75 Å². The minimum absolute atomic E-state index is 0.516. The summed E-state index contributed by atoms with van der Waals surface area (Å²) in [6.45, 7) is 0.516. The molecule has 1 heterocycles. The van der Waals surface area contributed by atoms with Crippen LogP contribution < -0.4 is 4.74 Å². The fraction of sp³-hybridized carbons (Fsp3) is 0.438. The summed E-state index contributed by atoms with van der Waals surface area (Å²) in [5.41, 5.74) is 0.992. The van der Waals surface area contributed by atoms with Crippen LogP contribution in [0.15, 0.2) is 41.0 Å². The van der Waals surface area contributed by atoms with Crippen LogP contribution in [0, 0.1) is 0 Å². The molecule has 1 aromatic heterocycles. The molecule has 20 heavy (non-hydrogen) atoms. The van der Waals surface area contributed by atoms with Gasteiger partial charge in [-0.15, -0.1) is 0 Å². The summed E-state index contributed by atoms with van der Waals surface area (Å²) in [4.78, 5) is 0. The first-order valence-corrected chi connectivity index (χ1v) is 8.03. The molecule has 2 aromatic rings. The minimum Gasteiger partial charge on any atom is -0.486 e. The highest BCUT2D eigenvalue weighted by molar-refractivity contribution is 9.10. The molecular weight excluding hydrogens is 316 g/mol. The van der Waals surface area contributed by atoms with Crippen LogP contribution in [0.1, 0.15) is 43.8 Å². The molecule has 0 aliphatic heterocycles. The highest BCUT2D eigenvalue weighted by Crippen LogP contribution is 2.28. The van der Waals surface area contributed by atoms with Crippen molar-refractivity contribution in [3.8, 4) is 5.75 Å². The van der Waals surface area contributed by atoms with Crippen LogP contribution in [-0.2, 0) is 6.61 Å². The fourth-order valence-corrected chi connectivity index (χ4v) is 3.12. The second kappa shape index (κ2) is 6.44. The van der Waals surface area contributed by atoms with E-state index in [2.05, 4.69) is 38.0 Å². The van der Waals surface area contributed by atoms with E-state index in [-0.39, 0.29) is 0 Å². The molecule has 0 amide bonds. The molecule has 1 aliphatic rings. The third kappa shape index (κ3) is 3.23. The summed E-state index contributed by atoms with van der Waals surface area (Å²) < 4.78 is 8.90. The smallest absolute Gasteiger partial charge is 0.134 e. The first-order valence-electron chi connectivity index (χ1n) is 7.24. The zero-order valence-corrected chi connectivity index (χ0v) is 13.1. The van der Waals surface area contributed by atoms with Gasteiger partial charge in [-0.2, -0.15) is 5.10 Å². The standard InChI is InChI=1S/C16H19BrN2O/c17-15-8-4-5-9-16(15)20-12-13-10-11-19(18-13)14-6-2-1-3-7-14/h4-5,8-11,14H,1-3,6-7,12H2. The van der Waals surface area contributed by atoms with Gasteiger partial charge in [-0.1, -0.05) is 31.4 Å². The van der Waals surface area contributed by atoms with E-state index < -0.39 is 0 Å². The molecule has 1 aromatic carbocycles. The molecule has 3 nitrogen and oxygen atoms in total. The second-order valence-corrected chi connectivity index (χ2v) is 6.15. The summed E-state index contributed by atoms with van der Waals surface area (Å²) >= 11 is 3.49. The largest absolute Gasteiger partial charge is 0.486 e. The van der Waals surface area contributed by atoms with E-state index in [1.165, 1.54) is 32.1 Å². The van der Waals surface area contributed by atoms with Crippen LogP contribution in [0.2, 0.25) is 0 Å². The maximum absolute atomic E-state index is 5.80. The van der Waals surface area contributed by atoms with Gasteiger partial charge in [-0.3, -0.25) is 4.68 Å². The fourth-order valence-electron chi connectivity index (χ4n) is 2.72. The molecule has 0 N–H and O–H groups in total. The molecule has 4 heteroatoms. The molecule has 0 bridgehead atoms. The van der Waals surface area contributed by atoms with E-state index in [1.807, 2.05) is 24.3 Å². The average Bonchev–Trinajstić information content (AvgIpc) is 2.96. The highest BCUT2D eigenvalue weighted by atomic mass is 79.9. The van der Waals surface area contributed by atoms with Gasteiger partial charge in [-0.05, 0) is 47.0 Å². The van der Waals surface area contributed by atoms with Crippen molar-refractivity contribution in [2.24, 2.45) is 0 Å². The molecule has 0 unspecified atom stereocenters. The third-order valence-corrected chi connectivity index (χ3v) is 4.48. The van der Waals surface area contributed by atoms with Crippen molar-refractivity contribution >= 4 is 15.9 Å². The molecular formula is C16H19BrN2O. The Hall–Kier alpha value is -1.29. The van der Waals surface area contributed by atoms with Crippen molar-refractivity contribution in [3.63, 3.8) is 0 Å². The molecule has 0 saturated heterocycles. The first-order chi connectivity index (χ1) is 9.83. The third-order valence-electron chi connectivity index (χ3n) is 3.82. The normalized spacial score (nSPS) is 16.2. The van der Waals surface area contributed by atoms with Crippen LogP contribution in [-0.4, -0.2) is 9.78 Å². The topological polar surface area (TPSA) is 27.1 Å². The Balaban J connectivity index is 1.61. The van der Waals surface area contributed by atoms with Gasteiger partial charge >= 0.3 is 0 Å². The molecule has 0 radical (unpaired) electrons. The summed E-state index contributed by atoms with van der Waals surface area (Å²) in [6, 6.07) is 10.5. The Morgan fingerprint density at radius 3 is 2.75 bits per heavy atom. The Labute approximate surface area is 128 Å². The van der Waals surface area contributed by atoms with E-state index in [1.54, 1.807) is 0 Å². The lowest BCUT2D eigenvalue weighted by molar-refractivity contribution is 0.289. The van der Waals surface area contributed by atoms with E-state index in [4.69, 9.17) is 4.74 Å². The van der Waals surface area contributed by atoms with Crippen molar-refractivity contribution in [2.75, 3.05) is 0 Å². The monoisotopic (exact) mass is 334 g/mol. The molecule has 0 spiro atoms. The maximum Gasteiger partial charge on any atom is 0.134 e. The molecule has 0 atom stereocenters. The zero-order valence-electron chi connectivity index (χ0n) is 11.5. The molecule has 1 saturated carbocycles. The minimum atomic E-state index is 0.516. The van der Waals surface area contributed by atoms with Crippen molar-refractivity contribution in [1.29, 1.82) is 0 Å². The molecule has 1 fully saturated rings. The van der Waals surface area contributed by atoms with Crippen LogP contribution in [0.4, 0.5) is 0 Å². The Bertz CT molecular complexity index is 561. The van der Waals surface area contributed by atoms with Gasteiger partial charge in [0, 0.05) is 6.20 Å². The summed E-state index contributed by atoms with van der Waals surface area (Å²) in [5.74, 6) is 0.861. The number of para-hydroxylation sites is 1. The van der Waals surface area contributed by atoms with Crippen LogP contribution in [0.25, 0.3) is 0 Å². The van der Waals surface area contributed by atoms with Crippen molar-refractivity contribution in [2.45, 2.75) is 44.8 Å². The van der Waals surface area contributed by atoms with Crippen molar-refractivity contribution in [3.05, 3.63) is 46.7 Å². The van der Waals surface area contributed by atoms with Gasteiger partial charge in [0.1, 0.15) is 12.4 Å². The summed E-state index contributed by atoms with van der Waals surface area (Å²) in [5, 5.41) is 4.66. The number of rotatable bonds is 4. The second-order valence-electron chi connectivity index (χ2n) is 5.30. The van der Waals surface area contributed by atoms with Gasteiger partial charge in [0.2, 0.25) is 0 Å². The lowest BCUT2D eigenvalue weighted by Gasteiger charge is -2.21. The van der Waals surface area contributed by atoms with E-state index >= 15 is 0 Å². The van der Waals surface area contributed by atoms with Gasteiger partial charge in [0.05, 0.1) is 16.2 Å². The maximum atomic E-state index is 5.80. The molecule has 106 valence electrons.